The lowest BCUT2D eigenvalue weighted by Crippen LogP contribution is -2.37. The van der Waals surface area contributed by atoms with Gasteiger partial charge < -0.3 is 19.3 Å². The molecule has 2 aliphatic rings. The molecule has 0 saturated carbocycles. The van der Waals surface area contributed by atoms with Crippen LogP contribution in [0.2, 0.25) is 0 Å². The van der Waals surface area contributed by atoms with Gasteiger partial charge in [-0.15, -0.1) is 0 Å². The number of benzene rings is 1. The average Bonchev–Trinajstić information content (AvgIpc) is 3.20. The highest BCUT2D eigenvalue weighted by Crippen LogP contribution is 2.37. The zero-order valence-electron chi connectivity index (χ0n) is 22.8. The van der Waals surface area contributed by atoms with E-state index in [1.807, 2.05) is 19.1 Å². The van der Waals surface area contributed by atoms with Crippen LogP contribution in [-0.4, -0.2) is 70.8 Å². The van der Waals surface area contributed by atoms with E-state index >= 15 is 0 Å². The molecule has 0 spiro atoms. The lowest BCUT2D eigenvalue weighted by molar-refractivity contribution is -0.140. The van der Waals surface area contributed by atoms with Crippen molar-refractivity contribution in [3.63, 3.8) is 0 Å². The number of nitrogens with zero attached hydrogens (tertiary/aromatic N) is 3. The third kappa shape index (κ3) is 6.42. The number of ether oxygens (including phenoxy) is 2. The first-order valence-corrected chi connectivity index (χ1v) is 13.4. The molecule has 4 rings (SSSR count). The molecule has 1 fully saturated rings. The number of likely N-dealkylation sites (tertiary alicyclic amines) is 1. The summed E-state index contributed by atoms with van der Waals surface area (Å²) in [5.41, 5.74) is 2.73. The number of hydrogen-bond acceptors (Lipinski definition) is 6. The van der Waals surface area contributed by atoms with Crippen LogP contribution in [0.3, 0.4) is 0 Å². The van der Waals surface area contributed by atoms with Crippen LogP contribution in [-0.2, 0) is 14.9 Å². The number of H-pyrrole nitrogens is 1. The zero-order valence-corrected chi connectivity index (χ0v) is 22.8. The number of piperidine rings is 1. The molecule has 1 N–H and O–H groups in total. The SMILES string of the molecule is Cc1n[nH]c2c1C(C)(C)CN(C(=O)c1ccc(OCCCN3CCCCC3)cc1)C=C2C(=O)OC(C)C. The van der Waals surface area contributed by atoms with Crippen LogP contribution in [0.4, 0.5) is 0 Å². The Morgan fingerprint density at radius 3 is 2.49 bits per heavy atom. The van der Waals surface area contributed by atoms with Crippen molar-refractivity contribution in [1.82, 2.24) is 20.0 Å². The van der Waals surface area contributed by atoms with Crippen molar-refractivity contribution in [2.24, 2.45) is 0 Å². The van der Waals surface area contributed by atoms with Crippen molar-refractivity contribution in [2.45, 2.75) is 71.8 Å². The summed E-state index contributed by atoms with van der Waals surface area (Å²) in [4.78, 5) is 30.7. The monoisotopic (exact) mass is 508 g/mol. The molecule has 0 unspecified atom stereocenters. The Balaban J connectivity index is 1.47. The van der Waals surface area contributed by atoms with Crippen molar-refractivity contribution >= 4 is 17.4 Å². The Morgan fingerprint density at radius 2 is 1.81 bits per heavy atom. The van der Waals surface area contributed by atoms with Crippen molar-refractivity contribution in [3.8, 4) is 5.75 Å². The van der Waals surface area contributed by atoms with Gasteiger partial charge in [0.25, 0.3) is 5.91 Å². The molecule has 0 aliphatic carbocycles. The van der Waals surface area contributed by atoms with Crippen molar-refractivity contribution < 1.29 is 19.1 Å². The zero-order chi connectivity index (χ0) is 26.6. The number of aromatic amines is 1. The maximum atomic E-state index is 13.6. The van der Waals surface area contributed by atoms with E-state index in [4.69, 9.17) is 9.47 Å². The average molecular weight is 509 g/mol. The fourth-order valence-corrected chi connectivity index (χ4v) is 5.31. The maximum Gasteiger partial charge on any atom is 0.342 e. The molecule has 8 heteroatoms. The predicted molar refractivity (Wildman–Crippen MR) is 143 cm³/mol. The van der Waals surface area contributed by atoms with Gasteiger partial charge >= 0.3 is 5.97 Å². The highest BCUT2D eigenvalue weighted by atomic mass is 16.5. The third-order valence-corrected chi connectivity index (χ3v) is 7.00. The summed E-state index contributed by atoms with van der Waals surface area (Å²) in [5.74, 6) is 0.0823. The van der Waals surface area contributed by atoms with Gasteiger partial charge in [0.1, 0.15) is 11.3 Å². The highest BCUT2D eigenvalue weighted by Gasteiger charge is 2.37. The maximum absolute atomic E-state index is 13.6. The molecule has 1 saturated heterocycles. The van der Waals surface area contributed by atoms with Crippen molar-refractivity contribution in [1.29, 1.82) is 0 Å². The van der Waals surface area contributed by atoms with Gasteiger partial charge in [0.15, 0.2) is 0 Å². The van der Waals surface area contributed by atoms with Gasteiger partial charge in [-0.2, -0.15) is 5.10 Å². The van der Waals surface area contributed by atoms with Gasteiger partial charge in [-0.1, -0.05) is 20.3 Å². The van der Waals surface area contributed by atoms with E-state index in [0.717, 1.165) is 30.0 Å². The number of carbonyl (C=O) groups excluding carboxylic acids is 2. The lowest BCUT2D eigenvalue weighted by atomic mass is 9.82. The topological polar surface area (TPSA) is 87.8 Å². The summed E-state index contributed by atoms with van der Waals surface area (Å²) >= 11 is 0. The highest BCUT2D eigenvalue weighted by molar-refractivity contribution is 6.17. The first-order chi connectivity index (χ1) is 17.7. The Labute approximate surface area is 220 Å². The number of hydrogen-bond donors (Lipinski definition) is 1. The Hall–Kier alpha value is -3.13. The third-order valence-electron chi connectivity index (χ3n) is 7.00. The molecule has 1 aromatic heterocycles. The largest absolute Gasteiger partial charge is 0.494 e. The molecule has 0 atom stereocenters. The van der Waals surface area contributed by atoms with Gasteiger partial charge in [-0.25, -0.2) is 4.79 Å². The van der Waals surface area contributed by atoms with Gasteiger partial charge in [-0.05, 0) is 77.4 Å². The fourth-order valence-electron chi connectivity index (χ4n) is 5.31. The van der Waals surface area contributed by atoms with E-state index in [1.54, 1.807) is 37.1 Å². The van der Waals surface area contributed by atoms with Crippen molar-refractivity contribution in [2.75, 3.05) is 32.8 Å². The smallest absolute Gasteiger partial charge is 0.342 e. The van der Waals surface area contributed by atoms with E-state index < -0.39 is 11.4 Å². The summed E-state index contributed by atoms with van der Waals surface area (Å²) in [6.45, 7) is 14.1. The number of carbonyl (C=O) groups is 2. The molecule has 8 nitrogen and oxygen atoms in total. The molecule has 37 heavy (non-hydrogen) atoms. The van der Waals surface area contributed by atoms with Crippen LogP contribution in [0, 0.1) is 6.92 Å². The number of esters is 1. The van der Waals surface area contributed by atoms with E-state index in [0.29, 0.717) is 30.0 Å². The van der Waals surface area contributed by atoms with Crippen molar-refractivity contribution in [3.05, 3.63) is 53.0 Å². The molecule has 2 aromatic rings. The summed E-state index contributed by atoms with van der Waals surface area (Å²) in [6.07, 6.45) is 6.23. The molecule has 200 valence electrons. The van der Waals surface area contributed by atoms with Crippen LogP contribution < -0.4 is 4.74 Å². The van der Waals surface area contributed by atoms with E-state index in [-0.39, 0.29) is 12.0 Å². The summed E-state index contributed by atoms with van der Waals surface area (Å²) < 4.78 is 11.4. The minimum atomic E-state index is -0.483. The van der Waals surface area contributed by atoms with Gasteiger partial charge in [0.2, 0.25) is 0 Å². The van der Waals surface area contributed by atoms with Crippen LogP contribution >= 0.6 is 0 Å². The molecule has 0 radical (unpaired) electrons. The standard InChI is InChI=1S/C29H40N4O4/c1-20(2)37-28(35)24-18-33(19-29(4,5)25-21(3)30-31-26(24)25)27(34)22-10-12-23(13-11-22)36-17-9-16-32-14-7-6-8-15-32/h10-13,18,20H,6-9,14-17,19H2,1-5H3,(H,30,31). The van der Waals surface area contributed by atoms with E-state index in [9.17, 15) is 9.59 Å². The molecule has 1 amide bonds. The predicted octanol–water partition coefficient (Wildman–Crippen LogP) is 4.70. The number of amides is 1. The summed E-state index contributed by atoms with van der Waals surface area (Å²) in [5, 5.41) is 7.35. The Kier molecular flexibility index (Phi) is 8.37. The molecular weight excluding hydrogens is 468 g/mol. The number of aryl methyl sites for hydroxylation is 1. The van der Waals surface area contributed by atoms with E-state index in [1.165, 1.54) is 32.4 Å². The van der Waals surface area contributed by atoms with Gasteiger partial charge in [-0.3, -0.25) is 9.89 Å². The molecular formula is C29H40N4O4. The Morgan fingerprint density at radius 1 is 1.11 bits per heavy atom. The normalized spacial score (nSPS) is 17.7. The van der Waals surface area contributed by atoms with Crippen LogP contribution in [0.15, 0.2) is 30.5 Å². The quantitative estimate of drug-likeness (QED) is 0.411. The lowest BCUT2D eigenvalue weighted by Gasteiger charge is -2.29. The second-order valence-electron chi connectivity index (χ2n) is 11.0. The molecule has 0 bridgehead atoms. The van der Waals surface area contributed by atoms with Gasteiger partial charge in [0, 0.05) is 35.8 Å². The first kappa shape index (κ1) is 26.9. The molecule has 3 heterocycles. The molecule has 1 aromatic carbocycles. The number of nitrogens with one attached hydrogen (secondary N) is 1. The number of fused-ring (bicyclic) bond motifs is 1. The second-order valence-corrected chi connectivity index (χ2v) is 11.0. The van der Waals surface area contributed by atoms with Gasteiger partial charge in [0.05, 0.1) is 24.1 Å². The van der Waals surface area contributed by atoms with Crippen LogP contribution in [0.5, 0.6) is 5.75 Å². The minimum Gasteiger partial charge on any atom is -0.494 e. The first-order valence-electron chi connectivity index (χ1n) is 13.4. The second kappa shape index (κ2) is 11.5. The number of rotatable bonds is 8. The fraction of sp³-hybridized carbons (Fsp3) is 0.552. The van der Waals surface area contributed by atoms with Crippen LogP contribution in [0.25, 0.3) is 5.57 Å². The summed E-state index contributed by atoms with van der Waals surface area (Å²) in [7, 11) is 0. The Bertz CT molecular complexity index is 1130. The minimum absolute atomic E-state index is 0.185. The van der Waals surface area contributed by atoms with Crippen LogP contribution in [0.1, 0.15) is 80.7 Å². The summed E-state index contributed by atoms with van der Waals surface area (Å²) in [6, 6.07) is 7.25. The van der Waals surface area contributed by atoms with E-state index in [2.05, 4.69) is 28.9 Å². The number of aromatic nitrogens is 2. The molecule has 2 aliphatic heterocycles.